The Morgan fingerprint density at radius 2 is 1.25 bits per heavy atom. The molecule has 23 N–H and O–H groups in total. The molecule has 0 aromatic heterocycles. The van der Waals surface area contributed by atoms with Crippen molar-refractivity contribution in [2.24, 2.45) is 11.5 Å². The van der Waals surface area contributed by atoms with E-state index in [-0.39, 0.29) is 43.5 Å². The van der Waals surface area contributed by atoms with Gasteiger partial charge < -0.3 is 163 Å². The van der Waals surface area contributed by atoms with Crippen molar-refractivity contribution in [1.82, 2.24) is 52.8 Å². The molecule has 0 radical (unpaired) electrons. The number of rotatable bonds is 41. The number of amides is 11. The van der Waals surface area contributed by atoms with E-state index in [0.717, 1.165) is 120 Å². The van der Waals surface area contributed by atoms with Gasteiger partial charge in [-0.25, -0.2) is 4.79 Å². The van der Waals surface area contributed by atoms with Crippen LogP contribution in [0.3, 0.4) is 0 Å². The molecular formula is C84H134N12O35. The number of nitrogens with one attached hydrogen (secondary N) is 9. The van der Waals surface area contributed by atoms with E-state index in [9.17, 15) is 104 Å². The van der Waals surface area contributed by atoms with Crippen LogP contribution in [0, 0.1) is 0 Å². The number of hydrogen-bond donors (Lipinski definition) is 21. The smallest absolute Gasteiger partial charge is 0.328 e. The second kappa shape index (κ2) is 55.6. The summed E-state index contributed by atoms with van der Waals surface area (Å²) in [5.74, 6) is -18.5. The van der Waals surface area contributed by atoms with Crippen molar-refractivity contribution in [3.63, 3.8) is 0 Å². The van der Waals surface area contributed by atoms with Gasteiger partial charge in [-0.3, -0.25) is 67.1 Å². The average Bonchev–Trinajstić information content (AvgIpc) is 0.794. The van der Waals surface area contributed by atoms with Gasteiger partial charge in [0.15, 0.2) is 37.2 Å². The molecule has 1 aromatic rings. The SMILES string of the molecule is CC=C1NC(=O)C(Cc2ccc(O)cc2)NC(=O)C(C(C)O)NC(=O)C(NC(=O)C(NC(=O)C(O)C(CCCCCCCCCCCCC)OC2OCC(O)C(OC3OC(CO)C(O)C(O)C3NC(C)=O)C2O)C(C)O)C(C)OC(=O)C(CCCCN)NC(=O)C(C(C)OC2OC(COC(C)=O)C(OC(C)=O)C(OC(C)=O)C2O)N(C)C(=O)CNC(=O)C(CCC(N)=O)NC1=O. The number of primary amides is 1. The summed E-state index contributed by atoms with van der Waals surface area (Å²) in [6.07, 6.45) is -27.9. The number of ether oxygens (including phenoxy) is 10. The molecule has 47 heteroatoms. The Bertz CT molecular complexity index is 3960. The number of phenols is 1. The number of nitrogens with two attached hydrogens (primary N) is 2. The Morgan fingerprint density at radius 3 is 1.82 bits per heavy atom. The van der Waals surface area contributed by atoms with Crippen LogP contribution in [-0.2, 0) is 126 Å². The zero-order valence-electron chi connectivity index (χ0n) is 75.5. The van der Waals surface area contributed by atoms with Gasteiger partial charge >= 0.3 is 23.9 Å². The highest BCUT2D eigenvalue weighted by Crippen LogP contribution is 2.33. The first kappa shape index (κ1) is 112. The number of esters is 4. The fourth-order valence-corrected chi connectivity index (χ4v) is 14.9. The van der Waals surface area contributed by atoms with Gasteiger partial charge in [-0.05, 0) is 91.0 Å². The van der Waals surface area contributed by atoms with Crippen molar-refractivity contribution >= 4 is 88.9 Å². The molecule has 27 unspecified atom stereocenters. The Balaban J connectivity index is 1.66. The third-order valence-electron chi connectivity index (χ3n) is 22.1. The number of benzene rings is 1. The standard InChI is InChI=1S/C84H134N12O35/c1-12-14-15-16-17-18-19-20-21-22-23-27-55(128-83-68(111)70(54(105)38-123-83)131-82-63(88-44(7)100)67(110)65(108)56(37-97)129-82)66(109)80(120)94-61(41(4)99)77(117)95-62-42(5)124-81(121)52(26-24-25-34-85)91-79(119)64(43(6)125-84-69(112)72(127-47(10)103)71(126-46(9)102)57(130-84)39-122-45(8)101)96(11)59(107)36-87-73(113)51(32-33-58(86)106)90-74(114)50(13-2)89-75(115)53(35-48-28-30-49(104)31-29-48)92-76(116)60(40(3)98)93-78(62)118/h13,28-31,40-43,51-57,60-72,82-84,97-99,104-105,108-112H,12,14-27,32-39,85H2,1-11H3,(H2,86,106)(H,87,113)(H,88,100)(H,89,115)(H,90,114)(H,91,119)(H,92,116)(H,93,118)(H,94,120)(H,95,117). The lowest BCUT2D eigenvalue weighted by molar-refractivity contribution is -0.339. The summed E-state index contributed by atoms with van der Waals surface area (Å²) in [5, 5.41) is 133. The molecule has 11 amide bonds. The second-order valence-corrected chi connectivity index (χ2v) is 32.8. The highest BCUT2D eigenvalue weighted by Gasteiger charge is 2.54. The number of likely N-dealkylation sites (N-methyl/N-ethyl adjacent to an activating group) is 1. The van der Waals surface area contributed by atoms with Crippen molar-refractivity contribution in [2.75, 3.05) is 40.0 Å². The van der Waals surface area contributed by atoms with Gasteiger partial charge in [-0.1, -0.05) is 95.8 Å². The lowest BCUT2D eigenvalue weighted by Crippen LogP contribution is -2.67. The average molecular weight is 1870 g/mol. The largest absolute Gasteiger partial charge is 0.508 e. The van der Waals surface area contributed by atoms with Crippen LogP contribution in [0.25, 0.3) is 0 Å². The number of aliphatic hydroxyl groups excluding tert-OH is 9. The van der Waals surface area contributed by atoms with Crippen LogP contribution < -0.4 is 59.3 Å². The molecule has 47 nitrogen and oxygen atoms in total. The van der Waals surface area contributed by atoms with Crippen molar-refractivity contribution in [2.45, 2.75) is 350 Å². The van der Waals surface area contributed by atoms with Gasteiger partial charge in [0, 0.05) is 47.6 Å². The third-order valence-corrected chi connectivity index (χ3v) is 22.1. The van der Waals surface area contributed by atoms with E-state index in [4.69, 9.17) is 58.8 Å². The summed E-state index contributed by atoms with van der Waals surface area (Å²) in [7, 11) is 0.994. The molecule has 4 fully saturated rings. The Labute approximate surface area is 757 Å². The minimum absolute atomic E-state index is 0.0342. The van der Waals surface area contributed by atoms with Gasteiger partial charge in [-0.15, -0.1) is 0 Å². The van der Waals surface area contributed by atoms with E-state index < -0.39 is 311 Å². The van der Waals surface area contributed by atoms with Crippen molar-refractivity contribution in [3.8, 4) is 5.75 Å². The molecule has 0 bridgehead atoms. The molecule has 740 valence electrons. The van der Waals surface area contributed by atoms with Crippen LogP contribution in [0.5, 0.6) is 5.75 Å². The molecule has 27 atom stereocenters. The van der Waals surface area contributed by atoms with E-state index in [1.807, 2.05) is 0 Å². The lowest BCUT2D eigenvalue weighted by atomic mass is 9.96. The molecule has 0 aliphatic carbocycles. The van der Waals surface area contributed by atoms with Gasteiger partial charge in [0.1, 0.15) is 121 Å². The number of aliphatic hydroxyl groups is 9. The maximum atomic E-state index is 15.5. The number of allylic oxidation sites excluding steroid dienone is 1. The zero-order valence-corrected chi connectivity index (χ0v) is 75.5. The highest BCUT2D eigenvalue weighted by atomic mass is 16.7. The number of unbranched alkanes of at least 4 members (excludes halogenated alkanes) is 11. The fraction of sp³-hybridized carbons (Fsp3) is 0.726. The maximum absolute atomic E-state index is 15.5. The highest BCUT2D eigenvalue weighted by molar-refractivity contribution is 6.03. The van der Waals surface area contributed by atoms with Crippen molar-refractivity contribution in [3.05, 3.63) is 41.6 Å². The number of carbonyl (C=O) groups is 15. The minimum Gasteiger partial charge on any atom is -0.508 e. The molecule has 4 saturated heterocycles. The number of aromatic hydroxyl groups is 1. The number of phenolic OH excluding ortho intramolecular Hbond substituents is 1. The number of hydrogen-bond acceptors (Lipinski definition) is 36. The van der Waals surface area contributed by atoms with Gasteiger partial charge in [0.25, 0.3) is 11.8 Å². The van der Waals surface area contributed by atoms with E-state index >= 15 is 19.2 Å². The second-order valence-electron chi connectivity index (χ2n) is 32.8. The predicted octanol–water partition coefficient (Wildman–Crippen LogP) is -6.32. The van der Waals surface area contributed by atoms with E-state index in [1.54, 1.807) is 0 Å². The third kappa shape index (κ3) is 35.3. The Kier molecular flexibility index (Phi) is 47.4. The number of carbonyl (C=O) groups excluding carboxylic acids is 15. The van der Waals surface area contributed by atoms with Crippen LogP contribution in [0.1, 0.15) is 184 Å². The molecule has 1 aromatic carbocycles. The molecule has 0 spiro atoms. The van der Waals surface area contributed by atoms with Gasteiger partial charge in [0.05, 0.1) is 44.2 Å². The summed E-state index contributed by atoms with van der Waals surface area (Å²) in [5.41, 5.74) is 11.0. The number of nitrogens with zero attached hydrogens (tertiary/aromatic N) is 1. The molecule has 0 saturated carbocycles. The number of cyclic esters (lactones) is 1. The van der Waals surface area contributed by atoms with Crippen LogP contribution in [0.2, 0.25) is 0 Å². The van der Waals surface area contributed by atoms with Crippen LogP contribution >= 0.6 is 0 Å². The molecule has 131 heavy (non-hydrogen) atoms. The van der Waals surface area contributed by atoms with Crippen LogP contribution in [0.4, 0.5) is 0 Å². The zero-order chi connectivity index (χ0) is 97.8. The van der Waals surface area contributed by atoms with Crippen LogP contribution in [0.15, 0.2) is 36.0 Å². The van der Waals surface area contributed by atoms with Gasteiger partial charge in [0.2, 0.25) is 53.2 Å². The quantitative estimate of drug-likeness (QED) is 0.0125. The molecule has 4 aliphatic rings. The first-order valence-corrected chi connectivity index (χ1v) is 43.9. The molecular weight excluding hydrogens is 1740 g/mol. The molecule has 4 aliphatic heterocycles. The topological polar surface area (TPSA) is 714 Å². The normalized spacial score (nSPS) is 29.5. The predicted molar refractivity (Wildman–Crippen MR) is 452 cm³/mol. The Hall–Kier alpha value is -9.83. The monoisotopic (exact) mass is 1870 g/mol. The van der Waals surface area contributed by atoms with Crippen molar-refractivity contribution < 1.29 is 170 Å². The van der Waals surface area contributed by atoms with E-state index in [0.29, 0.717) is 17.7 Å². The Morgan fingerprint density at radius 1 is 0.649 bits per heavy atom. The summed E-state index contributed by atoms with van der Waals surface area (Å²) in [6.45, 7) is 7.96. The summed E-state index contributed by atoms with van der Waals surface area (Å²) >= 11 is 0. The van der Waals surface area contributed by atoms with Gasteiger partial charge in [-0.2, -0.15) is 0 Å². The van der Waals surface area contributed by atoms with Crippen LogP contribution in [-0.4, -0.2) is 350 Å². The lowest BCUT2D eigenvalue weighted by Gasteiger charge is -2.46. The maximum Gasteiger partial charge on any atom is 0.328 e. The van der Waals surface area contributed by atoms with Crippen molar-refractivity contribution in [1.29, 1.82) is 0 Å². The minimum atomic E-state index is -2.40. The first-order valence-electron chi connectivity index (χ1n) is 43.9. The fourth-order valence-electron chi connectivity index (χ4n) is 14.9. The first-order chi connectivity index (χ1) is 61.9. The van der Waals surface area contributed by atoms with E-state index in [2.05, 4.69) is 54.8 Å². The van der Waals surface area contributed by atoms with E-state index in [1.165, 1.54) is 31.2 Å². The summed E-state index contributed by atoms with van der Waals surface area (Å²) in [4.78, 5) is 212. The molecule has 4 heterocycles. The summed E-state index contributed by atoms with van der Waals surface area (Å²) in [6, 6.07) is -11.1. The molecule has 5 rings (SSSR count). The summed E-state index contributed by atoms with van der Waals surface area (Å²) < 4.78 is 57.6.